The van der Waals surface area contributed by atoms with Gasteiger partial charge in [0.1, 0.15) is 11.5 Å². The third-order valence-corrected chi connectivity index (χ3v) is 4.65. The second-order valence-electron chi connectivity index (χ2n) is 5.48. The van der Waals surface area contributed by atoms with Crippen molar-refractivity contribution >= 4 is 26.8 Å². The quantitative estimate of drug-likeness (QED) is 0.716. The average molecular weight is 388 g/mol. The lowest BCUT2D eigenvalue weighted by molar-refractivity contribution is 0.280. The predicted molar refractivity (Wildman–Crippen MR) is 98.6 cm³/mol. The number of hydrogen-bond acceptors (Lipinski definition) is 4. The van der Waals surface area contributed by atoms with Gasteiger partial charge in [0, 0.05) is 21.1 Å². The van der Waals surface area contributed by atoms with Gasteiger partial charge < -0.3 is 14.6 Å². The summed E-state index contributed by atoms with van der Waals surface area (Å²) >= 11 is 3.59. The first-order valence-corrected chi connectivity index (χ1v) is 8.30. The van der Waals surface area contributed by atoms with E-state index in [9.17, 15) is 5.11 Å². The number of nitrogens with zero attached hydrogens (tertiary/aromatic N) is 1. The molecule has 0 amide bonds. The minimum atomic E-state index is -0.0779. The summed E-state index contributed by atoms with van der Waals surface area (Å²) in [7, 11) is 3.22. The first-order chi connectivity index (χ1) is 11.6. The number of benzene rings is 2. The lowest BCUT2D eigenvalue weighted by Crippen LogP contribution is -1.98. The third-order valence-electron chi connectivity index (χ3n) is 3.96. The van der Waals surface area contributed by atoms with Gasteiger partial charge >= 0.3 is 0 Å². The van der Waals surface area contributed by atoms with Gasteiger partial charge in [0.15, 0.2) is 0 Å². The topological polar surface area (TPSA) is 51.6 Å². The largest absolute Gasteiger partial charge is 0.496 e. The number of aliphatic hydroxyl groups excluding tert-OH is 1. The molecule has 0 spiro atoms. The van der Waals surface area contributed by atoms with Crippen LogP contribution in [0.25, 0.3) is 22.0 Å². The Kier molecular flexibility index (Phi) is 4.73. The van der Waals surface area contributed by atoms with Crippen molar-refractivity contribution in [2.24, 2.45) is 0 Å². The molecule has 1 heterocycles. The summed E-state index contributed by atoms with van der Waals surface area (Å²) in [6, 6.07) is 11.7. The molecule has 24 heavy (non-hydrogen) atoms. The molecular weight excluding hydrogens is 370 g/mol. The Morgan fingerprint density at radius 3 is 2.29 bits per heavy atom. The van der Waals surface area contributed by atoms with Gasteiger partial charge in [0.25, 0.3) is 0 Å². The maximum absolute atomic E-state index is 9.45. The lowest BCUT2D eigenvalue weighted by atomic mass is 9.98. The Morgan fingerprint density at radius 1 is 1.04 bits per heavy atom. The zero-order valence-electron chi connectivity index (χ0n) is 13.8. The second-order valence-corrected chi connectivity index (χ2v) is 6.33. The van der Waals surface area contributed by atoms with Crippen molar-refractivity contribution < 1.29 is 14.6 Å². The molecule has 3 rings (SSSR count). The number of pyridine rings is 1. The van der Waals surface area contributed by atoms with Crippen LogP contribution < -0.4 is 9.47 Å². The Hall–Kier alpha value is -2.11. The van der Waals surface area contributed by atoms with Gasteiger partial charge in [0.05, 0.1) is 31.9 Å². The van der Waals surface area contributed by atoms with Gasteiger partial charge in [-0.25, -0.2) is 0 Å². The molecule has 2 aromatic carbocycles. The van der Waals surface area contributed by atoms with Crippen molar-refractivity contribution in [3.05, 3.63) is 52.1 Å². The summed E-state index contributed by atoms with van der Waals surface area (Å²) in [5, 5.41) is 10.5. The number of methoxy groups -OCH3 is 2. The van der Waals surface area contributed by atoms with Gasteiger partial charge in [-0.05, 0) is 42.8 Å². The molecule has 5 heteroatoms. The SMILES string of the molecule is COc1cc(CO)cc(OC)c1-c1ccc(Br)c2ccc(C)nc12. The number of aryl methyl sites for hydroxylation is 1. The normalized spacial score (nSPS) is 10.9. The predicted octanol–water partition coefficient (Wildman–Crippen LogP) is 4.48. The Morgan fingerprint density at radius 2 is 1.71 bits per heavy atom. The molecule has 0 radical (unpaired) electrons. The molecule has 0 saturated carbocycles. The molecule has 0 aliphatic heterocycles. The summed E-state index contributed by atoms with van der Waals surface area (Å²) in [5.74, 6) is 1.29. The summed E-state index contributed by atoms with van der Waals surface area (Å²) in [5.41, 5.74) is 4.30. The van der Waals surface area contributed by atoms with E-state index in [1.807, 2.05) is 43.3 Å². The molecule has 0 saturated heterocycles. The van der Waals surface area contributed by atoms with Crippen molar-refractivity contribution in [1.29, 1.82) is 0 Å². The van der Waals surface area contributed by atoms with E-state index in [-0.39, 0.29) is 6.61 Å². The number of fused-ring (bicyclic) bond motifs is 1. The maximum atomic E-state index is 9.45. The van der Waals surface area contributed by atoms with Crippen molar-refractivity contribution in [2.75, 3.05) is 14.2 Å². The highest BCUT2D eigenvalue weighted by atomic mass is 79.9. The Balaban J connectivity index is 2.39. The van der Waals surface area contributed by atoms with Crippen LogP contribution in [0.4, 0.5) is 0 Å². The lowest BCUT2D eigenvalue weighted by Gasteiger charge is -2.17. The fraction of sp³-hybridized carbons (Fsp3) is 0.211. The zero-order chi connectivity index (χ0) is 17.3. The van der Waals surface area contributed by atoms with Gasteiger partial charge in [-0.2, -0.15) is 0 Å². The molecule has 4 nitrogen and oxygen atoms in total. The van der Waals surface area contributed by atoms with Crippen LogP contribution in [0.3, 0.4) is 0 Å². The Bertz CT molecular complexity index is 883. The molecule has 0 atom stereocenters. The molecule has 124 valence electrons. The number of hydrogen-bond donors (Lipinski definition) is 1. The first kappa shape index (κ1) is 16.7. The van der Waals surface area contributed by atoms with Crippen LogP contribution in [0.1, 0.15) is 11.3 Å². The van der Waals surface area contributed by atoms with E-state index in [2.05, 4.69) is 15.9 Å². The van der Waals surface area contributed by atoms with Crippen molar-refractivity contribution in [1.82, 2.24) is 4.98 Å². The fourth-order valence-electron chi connectivity index (χ4n) is 2.80. The minimum Gasteiger partial charge on any atom is -0.496 e. The van der Waals surface area contributed by atoms with Crippen LogP contribution in [0.15, 0.2) is 40.9 Å². The van der Waals surface area contributed by atoms with Crippen LogP contribution in [0, 0.1) is 6.92 Å². The van der Waals surface area contributed by atoms with E-state index in [1.54, 1.807) is 14.2 Å². The third kappa shape index (κ3) is 2.85. The highest BCUT2D eigenvalue weighted by Gasteiger charge is 2.18. The van der Waals surface area contributed by atoms with Crippen LogP contribution in [-0.2, 0) is 6.61 Å². The molecule has 0 aliphatic rings. The van der Waals surface area contributed by atoms with Crippen LogP contribution in [0.2, 0.25) is 0 Å². The molecule has 0 unspecified atom stereocenters. The van der Waals surface area contributed by atoms with Gasteiger partial charge in [-0.15, -0.1) is 0 Å². The second kappa shape index (κ2) is 6.79. The molecule has 0 fully saturated rings. The van der Waals surface area contributed by atoms with Crippen molar-refractivity contribution in [3.8, 4) is 22.6 Å². The minimum absolute atomic E-state index is 0.0779. The van der Waals surface area contributed by atoms with Crippen molar-refractivity contribution in [2.45, 2.75) is 13.5 Å². The highest BCUT2D eigenvalue weighted by molar-refractivity contribution is 9.10. The van der Waals surface area contributed by atoms with E-state index >= 15 is 0 Å². The fourth-order valence-corrected chi connectivity index (χ4v) is 3.26. The number of rotatable bonds is 4. The van der Waals surface area contributed by atoms with E-state index in [1.165, 1.54) is 0 Å². The van der Waals surface area contributed by atoms with E-state index in [4.69, 9.17) is 14.5 Å². The number of halogens is 1. The van der Waals surface area contributed by atoms with Crippen LogP contribution in [-0.4, -0.2) is 24.3 Å². The zero-order valence-corrected chi connectivity index (χ0v) is 15.3. The summed E-state index contributed by atoms with van der Waals surface area (Å²) < 4.78 is 12.1. The molecular formula is C19H18BrNO3. The summed E-state index contributed by atoms with van der Waals surface area (Å²) in [6.45, 7) is 1.89. The average Bonchev–Trinajstić information content (AvgIpc) is 2.61. The number of aromatic nitrogens is 1. The molecule has 0 aliphatic carbocycles. The first-order valence-electron chi connectivity index (χ1n) is 7.51. The molecule has 1 N–H and O–H groups in total. The van der Waals surface area contributed by atoms with Crippen molar-refractivity contribution in [3.63, 3.8) is 0 Å². The van der Waals surface area contributed by atoms with Gasteiger partial charge in [0.2, 0.25) is 0 Å². The smallest absolute Gasteiger partial charge is 0.130 e. The van der Waals surface area contributed by atoms with E-state index in [0.717, 1.165) is 37.8 Å². The van der Waals surface area contributed by atoms with Crippen LogP contribution in [0.5, 0.6) is 11.5 Å². The molecule has 1 aromatic heterocycles. The van der Waals surface area contributed by atoms with E-state index < -0.39 is 0 Å². The standard InChI is InChI=1S/C19H18BrNO3/c1-11-4-5-13-15(20)7-6-14(19(13)21-11)18-16(23-2)8-12(10-22)9-17(18)24-3/h4-9,22H,10H2,1-3H3. The summed E-state index contributed by atoms with van der Waals surface area (Å²) in [6.07, 6.45) is 0. The van der Waals surface area contributed by atoms with Gasteiger partial charge in [-0.3, -0.25) is 4.98 Å². The highest BCUT2D eigenvalue weighted by Crippen LogP contribution is 2.43. The molecule has 3 aromatic rings. The van der Waals surface area contributed by atoms with E-state index in [0.29, 0.717) is 11.5 Å². The van der Waals surface area contributed by atoms with Gasteiger partial charge in [-0.1, -0.05) is 22.0 Å². The number of ether oxygens (including phenoxy) is 2. The molecule has 0 bridgehead atoms. The maximum Gasteiger partial charge on any atom is 0.130 e. The summed E-state index contributed by atoms with van der Waals surface area (Å²) in [4.78, 5) is 4.72. The number of aliphatic hydroxyl groups is 1. The van der Waals surface area contributed by atoms with Crippen LogP contribution >= 0.6 is 15.9 Å². The monoisotopic (exact) mass is 387 g/mol. The Labute approximate surface area is 149 Å².